The first-order valence-electron chi connectivity index (χ1n) is 12.3. The fourth-order valence-corrected chi connectivity index (χ4v) is 4.64. The van der Waals surface area contributed by atoms with Gasteiger partial charge in [-0.15, -0.1) is 13.2 Å². The molecule has 3 aromatic rings. The highest BCUT2D eigenvalue weighted by molar-refractivity contribution is 7.18. The second kappa shape index (κ2) is 14.4. The van der Waals surface area contributed by atoms with Crippen LogP contribution in [0.2, 0.25) is 0 Å². The predicted molar refractivity (Wildman–Crippen MR) is 157 cm³/mol. The first-order valence-corrected chi connectivity index (χ1v) is 13.1. The van der Waals surface area contributed by atoms with Crippen LogP contribution in [0.5, 0.6) is 0 Å². The fourth-order valence-electron chi connectivity index (χ4n) is 3.75. The van der Waals surface area contributed by atoms with Gasteiger partial charge >= 0.3 is 0 Å². The summed E-state index contributed by atoms with van der Waals surface area (Å²) in [6, 6.07) is 6.28. The second-order valence-electron chi connectivity index (χ2n) is 8.23. The van der Waals surface area contributed by atoms with E-state index in [0.29, 0.717) is 30.5 Å². The van der Waals surface area contributed by atoms with Crippen LogP contribution < -0.4 is 10.6 Å². The number of imidazole rings is 1. The van der Waals surface area contributed by atoms with E-state index < -0.39 is 5.91 Å². The molecule has 0 radical (unpaired) electrons. The lowest BCUT2D eigenvalue weighted by Gasteiger charge is -2.26. The van der Waals surface area contributed by atoms with E-state index in [-0.39, 0.29) is 24.0 Å². The largest absolute Gasteiger partial charge is 0.497 e. The van der Waals surface area contributed by atoms with Crippen molar-refractivity contribution in [2.24, 2.45) is 0 Å². The molecule has 1 aliphatic heterocycles. The number of hydrogen-bond donors (Lipinski definition) is 2. The van der Waals surface area contributed by atoms with Crippen molar-refractivity contribution in [3.05, 3.63) is 104 Å². The number of aromatic nitrogens is 3. The third-order valence-electron chi connectivity index (χ3n) is 5.62. The highest BCUT2D eigenvalue weighted by Gasteiger charge is 2.25. The highest BCUT2D eigenvalue weighted by atomic mass is 32.1. The van der Waals surface area contributed by atoms with Crippen molar-refractivity contribution in [2.45, 2.75) is 13.5 Å². The summed E-state index contributed by atoms with van der Waals surface area (Å²) < 4.78 is 20.4. The van der Waals surface area contributed by atoms with Crippen LogP contribution in [0, 0.1) is 5.82 Å². The Morgan fingerprint density at radius 2 is 1.95 bits per heavy atom. The molecule has 0 spiro atoms. The Morgan fingerprint density at radius 1 is 1.20 bits per heavy atom. The topological polar surface area (TPSA) is 101 Å². The van der Waals surface area contributed by atoms with Gasteiger partial charge in [-0.3, -0.25) is 14.5 Å². The number of anilines is 1. The molecule has 1 aromatic carbocycles. The number of benzene rings is 1. The molecule has 1 aliphatic rings. The molecule has 0 unspecified atom stereocenters. The lowest BCUT2D eigenvalue weighted by molar-refractivity contribution is -0.130. The van der Waals surface area contributed by atoms with Gasteiger partial charge in [0.15, 0.2) is 5.13 Å². The maximum atomic E-state index is 13.2. The van der Waals surface area contributed by atoms with Crippen molar-refractivity contribution in [3.8, 4) is 10.4 Å². The van der Waals surface area contributed by atoms with Gasteiger partial charge in [-0.1, -0.05) is 36.6 Å². The highest BCUT2D eigenvalue weighted by Crippen LogP contribution is 2.30. The Hall–Kier alpha value is -4.77. The van der Waals surface area contributed by atoms with Gasteiger partial charge in [0.05, 0.1) is 29.1 Å². The lowest BCUT2D eigenvalue weighted by atomic mass is 10.2. The molecule has 0 saturated carbocycles. The minimum absolute atomic E-state index is 0.141. The standard InChI is InChI=1S/C27H27FN6O3S.C2H4/c1-4-21-22(14-18(3)32-27-30-15-24(38-27)19-6-8-20(28)9-7-19)33(17-31-21)11-10-29-26(36)23-16-37-13-12-34(23)25(35)5-2;1-2/h4-9,14-17H,1-2,10-13H2,3H3,(H,29,36)(H,30,32);1-2H2/b18-14+;. The molecule has 40 heavy (non-hydrogen) atoms. The van der Waals surface area contributed by atoms with Crippen molar-refractivity contribution in [1.29, 1.82) is 0 Å². The molecule has 2 N–H and O–H groups in total. The normalized spacial score (nSPS) is 12.8. The van der Waals surface area contributed by atoms with Crippen molar-refractivity contribution in [2.75, 3.05) is 25.0 Å². The summed E-state index contributed by atoms with van der Waals surface area (Å²) in [5, 5.41) is 6.79. The Bertz CT molecular complexity index is 1420. The van der Waals surface area contributed by atoms with Crippen LogP contribution in [0.1, 0.15) is 18.3 Å². The Labute approximate surface area is 236 Å². The molecule has 4 rings (SSSR count). The van der Waals surface area contributed by atoms with Crippen LogP contribution in [0.15, 0.2) is 86.8 Å². The zero-order valence-corrected chi connectivity index (χ0v) is 23.0. The zero-order chi connectivity index (χ0) is 29.1. The van der Waals surface area contributed by atoms with Gasteiger partial charge in [-0.25, -0.2) is 14.4 Å². The number of nitrogens with one attached hydrogen (secondary N) is 2. The Balaban J connectivity index is 0.00000216. The monoisotopic (exact) mass is 562 g/mol. The first-order chi connectivity index (χ1) is 19.4. The number of carbonyl (C=O) groups is 2. The maximum absolute atomic E-state index is 13.2. The quantitative estimate of drug-likeness (QED) is 0.264. The van der Waals surface area contributed by atoms with Crippen molar-refractivity contribution < 1.29 is 18.7 Å². The Morgan fingerprint density at radius 3 is 2.65 bits per heavy atom. The third kappa shape index (κ3) is 7.41. The van der Waals surface area contributed by atoms with Gasteiger partial charge in [0.25, 0.3) is 11.8 Å². The molecule has 0 aliphatic carbocycles. The summed E-state index contributed by atoms with van der Waals surface area (Å²) in [5.74, 6) is -1.06. The maximum Gasteiger partial charge on any atom is 0.271 e. The summed E-state index contributed by atoms with van der Waals surface area (Å²) in [5.41, 5.74) is 3.34. The number of allylic oxidation sites excluding steroid dienone is 1. The van der Waals surface area contributed by atoms with Crippen LogP contribution >= 0.6 is 11.3 Å². The molecule has 9 nitrogen and oxygen atoms in total. The molecule has 2 aromatic heterocycles. The molecule has 11 heteroatoms. The lowest BCUT2D eigenvalue weighted by Crippen LogP contribution is -2.42. The number of halogens is 1. The molecular formula is C29H31FN6O3S. The van der Waals surface area contributed by atoms with Gasteiger partial charge in [0.1, 0.15) is 24.4 Å². The average molecular weight is 563 g/mol. The SMILES string of the molecule is C=C.C=CC(=O)N1CCOC=C1C(=O)NCCn1cnc(C=C)c1/C=C(\C)Nc1ncc(-c2ccc(F)cc2)s1. The molecule has 208 valence electrons. The third-order valence-corrected chi connectivity index (χ3v) is 6.59. The smallest absolute Gasteiger partial charge is 0.271 e. The van der Waals surface area contributed by atoms with Crippen molar-refractivity contribution in [3.63, 3.8) is 0 Å². The van der Waals surface area contributed by atoms with Crippen LogP contribution in [-0.2, 0) is 20.9 Å². The number of ether oxygens (including phenoxy) is 1. The van der Waals surface area contributed by atoms with E-state index in [9.17, 15) is 14.0 Å². The minimum Gasteiger partial charge on any atom is -0.497 e. The number of thiazole rings is 1. The summed E-state index contributed by atoms with van der Waals surface area (Å²) in [6.07, 6.45) is 9.45. The van der Waals surface area contributed by atoms with Crippen LogP contribution in [-0.4, -0.2) is 50.9 Å². The van der Waals surface area contributed by atoms with E-state index in [1.807, 2.05) is 17.6 Å². The van der Waals surface area contributed by atoms with E-state index in [2.05, 4.69) is 46.9 Å². The molecule has 3 heterocycles. The van der Waals surface area contributed by atoms with Gasteiger partial charge in [-0.2, -0.15) is 0 Å². The number of amides is 2. The molecule has 0 bridgehead atoms. The predicted octanol–water partition coefficient (Wildman–Crippen LogP) is 5.07. The van der Waals surface area contributed by atoms with Gasteiger partial charge in [0.2, 0.25) is 0 Å². The average Bonchev–Trinajstić information content (AvgIpc) is 3.60. The number of nitrogens with zero attached hydrogens (tertiary/aromatic N) is 4. The zero-order valence-electron chi connectivity index (χ0n) is 22.2. The summed E-state index contributed by atoms with van der Waals surface area (Å²) >= 11 is 1.46. The van der Waals surface area contributed by atoms with E-state index in [4.69, 9.17) is 4.74 Å². The number of carbonyl (C=O) groups excluding carboxylic acids is 2. The van der Waals surface area contributed by atoms with Crippen LogP contribution in [0.25, 0.3) is 22.6 Å². The van der Waals surface area contributed by atoms with E-state index in [1.54, 1.807) is 30.7 Å². The van der Waals surface area contributed by atoms with Gasteiger partial charge in [-0.05, 0) is 42.8 Å². The van der Waals surface area contributed by atoms with Crippen molar-refractivity contribution >= 4 is 40.4 Å². The fraction of sp³-hybridized carbons (Fsp3) is 0.172. The minimum atomic E-state index is -0.417. The molecule has 0 atom stereocenters. The number of rotatable bonds is 10. The van der Waals surface area contributed by atoms with Crippen LogP contribution in [0.3, 0.4) is 0 Å². The molecule has 0 saturated heterocycles. The van der Waals surface area contributed by atoms with E-state index >= 15 is 0 Å². The molecule has 0 fully saturated rings. The molecular weight excluding hydrogens is 531 g/mol. The summed E-state index contributed by atoms with van der Waals surface area (Å²) in [7, 11) is 0. The van der Waals surface area contributed by atoms with Gasteiger partial charge < -0.3 is 19.9 Å². The number of hydrogen-bond acceptors (Lipinski definition) is 7. The Kier molecular flexibility index (Phi) is 10.7. The summed E-state index contributed by atoms with van der Waals surface area (Å²) in [4.78, 5) is 35.8. The molecule has 2 amide bonds. The van der Waals surface area contributed by atoms with Gasteiger partial charge in [0, 0.05) is 25.0 Å². The second-order valence-corrected chi connectivity index (χ2v) is 9.26. The first kappa shape index (κ1) is 29.8. The van der Waals surface area contributed by atoms with E-state index in [1.165, 1.54) is 40.7 Å². The van der Waals surface area contributed by atoms with Crippen LogP contribution in [0.4, 0.5) is 9.52 Å². The van der Waals surface area contributed by atoms with E-state index in [0.717, 1.165) is 21.8 Å². The van der Waals surface area contributed by atoms with Crippen molar-refractivity contribution in [1.82, 2.24) is 24.8 Å². The summed E-state index contributed by atoms with van der Waals surface area (Å²) in [6.45, 7) is 16.5.